The molecule has 1 aliphatic carbocycles. The molecule has 0 saturated carbocycles. The van der Waals surface area contributed by atoms with Crippen LogP contribution >= 0.6 is 0 Å². The molecule has 0 unspecified atom stereocenters. The SMILES string of the molecule is CC(C)(C)c1cc(C(C)(C)C)c2ccc3ccc4c(C(C)(C)C)ccc5c4c3c2c1-5. The highest BCUT2D eigenvalue weighted by atomic mass is 14.4. The van der Waals surface area contributed by atoms with Crippen LogP contribution in [0.15, 0.2) is 42.5 Å². The summed E-state index contributed by atoms with van der Waals surface area (Å²) in [4.78, 5) is 0. The topological polar surface area (TPSA) is 0 Å². The van der Waals surface area contributed by atoms with Crippen LogP contribution in [0.1, 0.15) is 79.0 Å². The Labute approximate surface area is 181 Å². The minimum atomic E-state index is 0.0861. The Hall–Kier alpha value is -2.34. The van der Waals surface area contributed by atoms with E-state index in [-0.39, 0.29) is 16.2 Å². The molecule has 0 fully saturated rings. The van der Waals surface area contributed by atoms with E-state index in [0.717, 1.165) is 0 Å². The molecule has 0 radical (unpaired) electrons. The number of hydrogen-bond donors (Lipinski definition) is 0. The standard InChI is InChI=1S/C30H34/c1-28(2,3)21-15-14-20-25-18(21)12-10-17-11-13-19-22(29(4,5)6)16-23(30(7,8)9)26(20)27(19)24(17)25/h10-16H,1-9H3. The first-order valence-corrected chi connectivity index (χ1v) is 11.3. The Bertz CT molecular complexity index is 1350. The van der Waals surface area contributed by atoms with E-state index in [1.54, 1.807) is 0 Å². The van der Waals surface area contributed by atoms with Gasteiger partial charge in [-0.05, 0) is 76.4 Å². The van der Waals surface area contributed by atoms with Crippen molar-refractivity contribution in [1.82, 2.24) is 0 Å². The highest BCUT2D eigenvalue weighted by molar-refractivity contribution is 6.34. The Morgan fingerprint density at radius 2 is 1.00 bits per heavy atom. The zero-order valence-electron chi connectivity index (χ0n) is 20.0. The van der Waals surface area contributed by atoms with Gasteiger partial charge in [-0.25, -0.2) is 0 Å². The first-order valence-electron chi connectivity index (χ1n) is 11.3. The van der Waals surface area contributed by atoms with Gasteiger partial charge < -0.3 is 0 Å². The molecule has 0 aromatic heterocycles. The molecular weight excluding hydrogens is 360 g/mol. The predicted molar refractivity (Wildman–Crippen MR) is 134 cm³/mol. The van der Waals surface area contributed by atoms with Gasteiger partial charge in [0, 0.05) is 0 Å². The van der Waals surface area contributed by atoms with Crippen LogP contribution in [-0.4, -0.2) is 0 Å². The number of hydrogen-bond acceptors (Lipinski definition) is 0. The molecule has 0 nitrogen and oxygen atoms in total. The summed E-state index contributed by atoms with van der Waals surface area (Å²) in [5, 5.41) is 8.64. The Morgan fingerprint density at radius 1 is 0.467 bits per heavy atom. The molecule has 0 bridgehead atoms. The van der Waals surface area contributed by atoms with Gasteiger partial charge in [-0.2, -0.15) is 0 Å². The maximum Gasteiger partial charge on any atom is -0.00140 e. The van der Waals surface area contributed by atoms with E-state index in [1.807, 2.05) is 0 Å². The third kappa shape index (κ3) is 2.52. The van der Waals surface area contributed by atoms with Crippen LogP contribution in [0.4, 0.5) is 0 Å². The van der Waals surface area contributed by atoms with Crippen LogP contribution in [0.2, 0.25) is 0 Å². The molecule has 0 heterocycles. The molecule has 4 aromatic rings. The van der Waals surface area contributed by atoms with Crippen molar-refractivity contribution in [3.05, 3.63) is 59.2 Å². The summed E-state index contributed by atoms with van der Waals surface area (Å²) in [6.07, 6.45) is 0. The van der Waals surface area contributed by atoms with Crippen LogP contribution in [0.3, 0.4) is 0 Å². The van der Waals surface area contributed by atoms with Crippen molar-refractivity contribution in [2.45, 2.75) is 78.6 Å². The lowest BCUT2D eigenvalue weighted by molar-refractivity contribution is 0.574. The Balaban J connectivity index is 2.10. The van der Waals surface area contributed by atoms with Gasteiger partial charge in [0.25, 0.3) is 0 Å². The summed E-state index contributed by atoms with van der Waals surface area (Å²) in [6.45, 7) is 21.1. The van der Waals surface area contributed by atoms with Crippen LogP contribution in [0.5, 0.6) is 0 Å². The van der Waals surface area contributed by atoms with Gasteiger partial charge in [-0.15, -0.1) is 0 Å². The zero-order chi connectivity index (χ0) is 21.8. The molecule has 5 rings (SSSR count). The number of benzene rings is 4. The summed E-state index contributed by atoms with van der Waals surface area (Å²) in [7, 11) is 0. The largest absolute Gasteiger partial charge is 0.0572 e. The van der Waals surface area contributed by atoms with Crippen LogP contribution < -0.4 is 0 Å². The van der Waals surface area contributed by atoms with Gasteiger partial charge in [0.05, 0.1) is 0 Å². The second kappa shape index (κ2) is 5.67. The second-order valence-electron chi connectivity index (χ2n) is 12.3. The second-order valence-corrected chi connectivity index (χ2v) is 12.3. The highest BCUT2D eigenvalue weighted by Gasteiger charge is 2.32. The lowest BCUT2D eigenvalue weighted by Crippen LogP contribution is -2.18. The number of fused-ring (bicyclic) bond motifs is 1. The van der Waals surface area contributed by atoms with Gasteiger partial charge in [-0.1, -0.05) is 105 Å². The van der Waals surface area contributed by atoms with E-state index in [2.05, 4.69) is 105 Å². The fraction of sp³-hybridized carbons (Fsp3) is 0.400. The zero-order valence-corrected chi connectivity index (χ0v) is 20.0. The van der Waals surface area contributed by atoms with E-state index in [0.29, 0.717) is 0 Å². The van der Waals surface area contributed by atoms with E-state index >= 15 is 0 Å². The van der Waals surface area contributed by atoms with Crippen LogP contribution in [-0.2, 0) is 16.2 Å². The summed E-state index contributed by atoms with van der Waals surface area (Å²) in [5.41, 5.74) is 7.61. The van der Waals surface area contributed by atoms with Crippen molar-refractivity contribution in [3.8, 4) is 11.1 Å². The molecule has 4 aromatic carbocycles. The third-order valence-corrected chi connectivity index (χ3v) is 6.95. The highest BCUT2D eigenvalue weighted by Crippen LogP contribution is 2.54. The molecule has 0 heteroatoms. The summed E-state index contributed by atoms with van der Waals surface area (Å²) >= 11 is 0. The molecule has 0 aliphatic heterocycles. The fourth-order valence-electron chi connectivity index (χ4n) is 5.53. The minimum Gasteiger partial charge on any atom is -0.0572 e. The summed E-state index contributed by atoms with van der Waals surface area (Å²) < 4.78 is 0. The van der Waals surface area contributed by atoms with Crippen molar-refractivity contribution in [2.75, 3.05) is 0 Å². The molecule has 0 N–H and O–H groups in total. The minimum absolute atomic E-state index is 0.0861. The van der Waals surface area contributed by atoms with Gasteiger partial charge >= 0.3 is 0 Å². The third-order valence-electron chi connectivity index (χ3n) is 6.95. The maximum absolute atomic E-state index is 2.51. The number of rotatable bonds is 0. The lowest BCUT2D eigenvalue weighted by atomic mass is 9.75. The average molecular weight is 395 g/mol. The van der Waals surface area contributed by atoms with Crippen LogP contribution in [0.25, 0.3) is 43.4 Å². The van der Waals surface area contributed by atoms with Crippen molar-refractivity contribution in [3.63, 3.8) is 0 Å². The van der Waals surface area contributed by atoms with Crippen molar-refractivity contribution in [2.24, 2.45) is 0 Å². The summed E-state index contributed by atoms with van der Waals surface area (Å²) in [6, 6.07) is 16.7. The van der Waals surface area contributed by atoms with Gasteiger partial charge in [0.2, 0.25) is 0 Å². The molecule has 0 saturated heterocycles. The molecular formula is C30H34. The van der Waals surface area contributed by atoms with Gasteiger partial charge in [0.15, 0.2) is 0 Å². The van der Waals surface area contributed by atoms with E-state index < -0.39 is 0 Å². The molecule has 30 heavy (non-hydrogen) atoms. The van der Waals surface area contributed by atoms with E-state index in [9.17, 15) is 0 Å². The lowest BCUT2D eigenvalue weighted by Gasteiger charge is -2.29. The Kier molecular flexibility index (Phi) is 3.70. The quantitative estimate of drug-likeness (QED) is 0.230. The monoisotopic (exact) mass is 394 g/mol. The van der Waals surface area contributed by atoms with Crippen molar-refractivity contribution < 1.29 is 0 Å². The maximum atomic E-state index is 2.51. The smallest absolute Gasteiger partial charge is 0.00140 e. The molecule has 154 valence electrons. The van der Waals surface area contributed by atoms with E-state index in [4.69, 9.17) is 0 Å². The van der Waals surface area contributed by atoms with Crippen molar-refractivity contribution >= 4 is 32.3 Å². The normalized spacial score (nSPS) is 14.2. The predicted octanol–water partition coefficient (Wildman–Crippen LogP) is 9.02. The first-order chi connectivity index (χ1) is 13.8. The fourth-order valence-corrected chi connectivity index (χ4v) is 5.53. The molecule has 1 aliphatic rings. The average Bonchev–Trinajstić information content (AvgIpc) is 2.96. The van der Waals surface area contributed by atoms with E-state index in [1.165, 1.54) is 60.1 Å². The molecule has 0 atom stereocenters. The first kappa shape index (κ1) is 19.6. The van der Waals surface area contributed by atoms with Crippen LogP contribution in [0, 0.1) is 0 Å². The molecule has 0 amide bonds. The van der Waals surface area contributed by atoms with Gasteiger partial charge in [-0.3, -0.25) is 0 Å². The van der Waals surface area contributed by atoms with Gasteiger partial charge in [0.1, 0.15) is 0 Å². The van der Waals surface area contributed by atoms with Crippen molar-refractivity contribution in [1.29, 1.82) is 0 Å². The Morgan fingerprint density at radius 3 is 1.53 bits per heavy atom. The summed E-state index contributed by atoms with van der Waals surface area (Å²) in [5.74, 6) is 0. The molecule has 0 spiro atoms.